The molecule has 36 rings (SSSR count). The van der Waals surface area contributed by atoms with Gasteiger partial charge < -0.3 is 31.7 Å². The molecular weight excluding hydrogens is 1800 g/mol. The summed E-state index contributed by atoms with van der Waals surface area (Å²) in [5.41, 5.74) is 34.6. The van der Waals surface area contributed by atoms with E-state index in [0.717, 1.165) is 83.7 Å². The quantitative estimate of drug-likeness (QED) is 0.166. The number of furan rings is 2. The van der Waals surface area contributed by atoms with E-state index in [4.69, 9.17) is 18.8 Å². The first-order chi connectivity index (χ1) is 73.0. The van der Waals surface area contributed by atoms with Gasteiger partial charge in [-0.3, -0.25) is 4.57 Å². The number of nitrogens with zero attached hydrogens (tertiary/aromatic N) is 8. The number of aromatic nitrogens is 8. The van der Waals surface area contributed by atoms with Crippen molar-refractivity contribution in [1.29, 1.82) is 0 Å². The van der Waals surface area contributed by atoms with Gasteiger partial charge in [-0.15, -0.1) is 0 Å². The van der Waals surface area contributed by atoms with E-state index in [9.17, 15) is 0 Å². The van der Waals surface area contributed by atoms with Gasteiger partial charge in [0.25, 0.3) is 0 Å². The van der Waals surface area contributed by atoms with Gasteiger partial charge in [0.1, 0.15) is 27.8 Å². The van der Waals surface area contributed by atoms with Gasteiger partial charge in [0.2, 0.25) is 5.95 Å². The summed E-state index contributed by atoms with van der Waals surface area (Å²) >= 11 is 0. The van der Waals surface area contributed by atoms with E-state index >= 15 is 0 Å². The van der Waals surface area contributed by atoms with Crippen molar-refractivity contribution in [3.05, 3.63) is 496 Å². The van der Waals surface area contributed by atoms with Crippen LogP contribution in [0.5, 0.6) is 0 Å². The lowest BCUT2D eigenvalue weighted by atomic mass is 9.70. The van der Waals surface area contributed by atoms with E-state index in [2.05, 4.69) is 495 Å². The zero-order chi connectivity index (χ0) is 95.4. The monoisotopic (exact) mass is 1880 g/mol. The fraction of sp³-hybridized carbons (Fsp3) is 0.0145. The van der Waals surface area contributed by atoms with Gasteiger partial charge in [0.05, 0.1) is 77.8 Å². The minimum atomic E-state index is -0.355. The number of hydrogen-bond acceptors (Lipinski definition) is 4. The Bertz CT molecular complexity index is 11600. The van der Waals surface area contributed by atoms with Crippen molar-refractivity contribution in [2.45, 2.75) is 12.8 Å². The van der Waals surface area contributed by atoms with Gasteiger partial charge in [0, 0.05) is 109 Å². The van der Waals surface area contributed by atoms with Gasteiger partial charge in [-0.05, 0) is 261 Å². The second-order valence-corrected chi connectivity index (χ2v) is 39.8. The molecule has 2 aliphatic carbocycles. The maximum Gasteiger partial charge on any atom is 0.235 e. The second kappa shape index (κ2) is 30.0. The van der Waals surface area contributed by atoms with Gasteiger partial charge in [0.15, 0.2) is 0 Å². The van der Waals surface area contributed by atoms with Crippen LogP contribution < -0.4 is 0 Å². The van der Waals surface area contributed by atoms with Crippen LogP contribution in [0, 0.1) is 0 Å². The largest absolute Gasteiger partial charge is 0.456 e. The lowest BCUT2D eigenvalue weighted by Crippen LogP contribution is -2.25. The molecule has 0 unspecified atom stereocenters. The maximum absolute atomic E-state index is 6.61. The molecule has 148 heavy (non-hydrogen) atoms. The predicted molar refractivity (Wildman–Crippen MR) is 617 cm³/mol. The van der Waals surface area contributed by atoms with E-state index in [0.29, 0.717) is 5.95 Å². The van der Waals surface area contributed by atoms with Crippen LogP contribution in [0.15, 0.2) is 482 Å². The Morgan fingerprint density at radius 3 is 0.872 bits per heavy atom. The van der Waals surface area contributed by atoms with E-state index in [-0.39, 0.29) is 12.8 Å². The van der Waals surface area contributed by atoms with Gasteiger partial charge in [-0.1, -0.05) is 323 Å². The standard InChI is InChI=1S/C49H27NO.C46H27N5.C42H24N2O.CH4/c1-2-12-30-29(11-1)34-16-9-21-41-45(34)47-42(25-26-44-48(47)46-35(30)17-10-22-43(46)51-44)50(41)28-23-24-40-36(27-28)33-15-5-8-20-39(33)49(40)37-18-6-3-13-31(37)32-14-4-7-19-38(32)49;1-3-13-28(14-4-1)49-35-22-10-9-19-34(35)45-40(49)27-47-46(48-45)51-37-24-12-21-33-31-18-8-7-17-30(31)32-20-11-23-36-41(32)43-38(25-26-39(51)44(43)42(33)37)50(36)29-15-5-2-6-16-29;1-2-10-28-27(9-1)31-13-7-17-35-39(31)41-36(23-24-38-42(41)40-32(28)14-8-18-37(40)45-38)44(35)26-21-19-25(20-22-26)43-33-15-5-3-11-29(33)30-12-4-6-16-34(30)43;/h2*1-27H;1-24H;1H4. The summed E-state index contributed by atoms with van der Waals surface area (Å²) < 4.78 is 27.4. The Labute approximate surface area is 844 Å². The molecule has 0 saturated heterocycles. The molecule has 2 aliphatic rings. The topological polar surface area (TPSA) is 81.6 Å². The van der Waals surface area contributed by atoms with Crippen LogP contribution >= 0.6 is 0 Å². The molecule has 0 saturated carbocycles. The van der Waals surface area contributed by atoms with Crippen LogP contribution in [0.1, 0.15) is 29.7 Å². The molecular formula is C138H82N8O2. The van der Waals surface area contributed by atoms with E-state index < -0.39 is 0 Å². The maximum atomic E-state index is 6.61. The Morgan fingerprint density at radius 1 is 0.169 bits per heavy atom. The summed E-state index contributed by atoms with van der Waals surface area (Å²) in [6.07, 6.45) is 2.00. The summed E-state index contributed by atoms with van der Waals surface area (Å²) in [6.45, 7) is 0. The average molecular weight is 1880 g/mol. The highest BCUT2D eigenvalue weighted by molar-refractivity contribution is 6.42. The molecule has 10 heteroatoms. The van der Waals surface area contributed by atoms with Crippen molar-refractivity contribution < 1.29 is 8.83 Å². The second-order valence-electron chi connectivity index (χ2n) is 39.8. The Kier molecular flexibility index (Phi) is 16.4. The van der Waals surface area contributed by atoms with Crippen LogP contribution in [0.25, 0.3) is 296 Å². The fourth-order valence-corrected chi connectivity index (χ4v) is 27.3. The van der Waals surface area contributed by atoms with Crippen molar-refractivity contribution in [3.8, 4) is 56.6 Å². The summed E-state index contributed by atoms with van der Waals surface area (Å²) in [4.78, 5) is 10.6. The summed E-state index contributed by atoms with van der Waals surface area (Å²) in [7, 11) is 0. The fourth-order valence-electron chi connectivity index (χ4n) is 27.3. The van der Waals surface area contributed by atoms with E-state index in [1.165, 1.54) is 229 Å². The lowest BCUT2D eigenvalue weighted by Gasteiger charge is -2.30. The third-order valence-electron chi connectivity index (χ3n) is 32.9. The molecule has 34 aromatic rings. The molecule has 0 N–H and O–H groups in total. The Balaban J connectivity index is 0.0000000965. The lowest BCUT2D eigenvalue weighted by molar-refractivity contribution is 0.669. The molecule has 1 spiro atoms. The number of benzene rings is 22. The van der Waals surface area contributed by atoms with Crippen LogP contribution in [-0.4, -0.2) is 37.4 Å². The highest BCUT2D eigenvalue weighted by Gasteiger charge is 2.52. The predicted octanol–water partition coefficient (Wildman–Crippen LogP) is 36.4. The van der Waals surface area contributed by atoms with Crippen molar-refractivity contribution >= 4 is 239 Å². The first-order valence-electron chi connectivity index (χ1n) is 50.6. The minimum absolute atomic E-state index is 0. The smallest absolute Gasteiger partial charge is 0.235 e. The number of para-hydroxylation sites is 5. The molecule has 686 valence electrons. The molecule has 0 amide bonds. The van der Waals surface area contributed by atoms with Crippen molar-refractivity contribution in [1.82, 2.24) is 37.4 Å². The molecule has 25 aromatic carbocycles. The van der Waals surface area contributed by atoms with Gasteiger partial charge in [-0.2, -0.15) is 0 Å². The van der Waals surface area contributed by atoms with E-state index in [1.807, 2.05) is 6.20 Å². The van der Waals surface area contributed by atoms with Crippen molar-refractivity contribution in [2.75, 3.05) is 0 Å². The molecule has 0 fully saturated rings. The summed E-state index contributed by atoms with van der Waals surface area (Å²) in [5, 5.41) is 33.4. The molecule has 9 heterocycles. The third kappa shape index (κ3) is 10.5. The van der Waals surface area contributed by atoms with Crippen LogP contribution in [-0.2, 0) is 5.41 Å². The van der Waals surface area contributed by atoms with Gasteiger partial charge in [-0.25, -0.2) is 9.97 Å². The molecule has 0 atom stereocenters. The van der Waals surface area contributed by atoms with Crippen molar-refractivity contribution in [3.63, 3.8) is 0 Å². The van der Waals surface area contributed by atoms with Crippen molar-refractivity contribution in [2.24, 2.45) is 0 Å². The zero-order valence-electron chi connectivity index (χ0n) is 78.9. The first kappa shape index (κ1) is 80.9. The molecule has 9 aromatic heterocycles. The van der Waals surface area contributed by atoms with Crippen LogP contribution in [0.2, 0.25) is 0 Å². The van der Waals surface area contributed by atoms with Crippen LogP contribution in [0.4, 0.5) is 0 Å². The highest BCUT2D eigenvalue weighted by Crippen LogP contribution is 2.64. The molecule has 0 aliphatic heterocycles. The van der Waals surface area contributed by atoms with Crippen LogP contribution in [0.3, 0.4) is 0 Å². The summed E-state index contributed by atoms with van der Waals surface area (Å²) in [6, 6.07) is 170. The SMILES string of the molecule is C.c1ccc(-n2c3ccccc3c3nc(-n4c5cccc6c7ccccc7c7cccc8c7c7c(c65)c4ccc7n8-c4ccccc4)ncc32)cc1.c1ccc2c(c1)-c1ccccc1C21c2ccccc2-c2cc(-n3c4cccc5c6ccccc6c6cccc7oc8ccc3c(c8c76)c54)ccc21.c1ccc2c(c1)c1cccc3oc4ccc5c(c4c31)c1c2cccc1n5-c1ccc(-n2c3ccccc3c3ccccc32)cc1. The Hall–Kier alpha value is -19.7. The number of rotatable bonds is 6. The first-order valence-corrected chi connectivity index (χ1v) is 50.6. The minimum Gasteiger partial charge on any atom is -0.456 e. The average Bonchev–Trinajstić information content (AvgIpc) is 1.50. The van der Waals surface area contributed by atoms with E-state index in [1.54, 1.807) is 0 Å². The number of fused-ring (bicyclic) bond motifs is 25. The molecule has 10 nitrogen and oxygen atoms in total. The summed E-state index contributed by atoms with van der Waals surface area (Å²) in [5.74, 6) is 0.662. The number of hydrogen-bond donors (Lipinski definition) is 0. The Morgan fingerprint density at radius 2 is 0.439 bits per heavy atom. The molecule has 0 radical (unpaired) electrons. The van der Waals surface area contributed by atoms with Gasteiger partial charge >= 0.3 is 0 Å². The molecule has 0 bridgehead atoms. The zero-order valence-corrected chi connectivity index (χ0v) is 78.9. The third-order valence-corrected chi connectivity index (χ3v) is 32.9. The normalized spacial score (nSPS) is 12.9. The highest BCUT2D eigenvalue weighted by atomic mass is 16.3.